The first-order chi connectivity index (χ1) is 19.2. The topological polar surface area (TPSA) is 143 Å². The number of aliphatic hydroxyl groups excluding tert-OH is 5. The molecule has 2 saturated heterocycles. The van der Waals surface area contributed by atoms with Crippen molar-refractivity contribution in [2.45, 2.75) is 119 Å². The molecular weight excluding hydrogens is 514 g/mol. The number of phenols is 1. The lowest BCUT2D eigenvalue weighted by atomic mass is 9.53. The summed E-state index contributed by atoms with van der Waals surface area (Å²) in [5.74, 6) is 0.329. The Bertz CT molecular complexity index is 1130. The second-order valence-corrected chi connectivity index (χ2v) is 12.6. The summed E-state index contributed by atoms with van der Waals surface area (Å²) in [5, 5.41) is 66.1. The first-order valence-electron chi connectivity index (χ1n) is 15.1. The maximum absolute atomic E-state index is 11.7. The molecule has 221 valence electrons. The lowest BCUT2D eigenvalue weighted by Crippen LogP contribution is -2.65. The van der Waals surface area contributed by atoms with E-state index in [9.17, 15) is 30.6 Å². The molecule has 2 fully saturated rings. The van der Waals surface area contributed by atoms with Gasteiger partial charge in [-0.15, -0.1) is 0 Å². The average Bonchev–Trinajstić information content (AvgIpc) is 3.30. The molecule has 6 N–H and O–H groups in total. The fourth-order valence-electron chi connectivity index (χ4n) is 8.22. The number of aliphatic hydroxyl groups is 5. The van der Waals surface area contributed by atoms with Crippen LogP contribution in [0.15, 0.2) is 18.2 Å². The molecule has 6 rings (SSSR count). The van der Waals surface area contributed by atoms with Gasteiger partial charge in [-0.1, -0.05) is 57.6 Å². The van der Waals surface area contributed by atoms with E-state index in [0.29, 0.717) is 24.2 Å². The van der Waals surface area contributed by atoms with Gasteiger partial charge in [-0.2, -0.15) is 0 Å². The van der Waals surface area contributed by atoms with Crippen molar-refractivity contribution in [3.8, 4) is 11.5 Å². The van der Waals surface area contributed by atoms with Gasteiger partial charge in [0.2, 0.25) is 0 Å². The average molecular weight is 559 g/mol. The molecule has 9 heteroatoms. The minimum atomic E-state index is -1.53. The highest BCUT2D eigenvalue weighted by Crippen LogP contribution is 2.63. The molecule has 2 bridgehead atoms. The zero-order valence-corrected chi connectivity index (χ0v) is 23.4. The molecule has 5 aliphatic rings. The molecule has 1 unspecified atom stereocenters. The Morgan fingerprint density at radius 3 is 2.55 bits per heavy atom. The standard InChI is InChI=1S/C31H44NO8/c1-3-4-5-6-7-8-9-22-25(36)26(37)27(38)29(39-22)24(35)17-15-21(34)28-23-16(17)14-19-18-10-11-20(33)30(40-28)31(18,23)12-13-32(19)2/h10-11,15,18-20,24-27,29-30,33-38H,3-9,12-14H2,1-2H3/t18-,19+,20-,24?,25-,26+,27-,29+,30-,31-/m0/s1. The summed E-state index contributed by atoms with van der Waals surface area (Å²) < 4.78 is 12.3. The summed E-state index contributed by atoms with van der Waals surface area (Å²) in [6.45, 7) is 2.98. The van der Waals surface area contributed by atoms with Crippen LogP contribution >= 0.6 is 0 Å². The van der Waals surface area contributed by atoms with Crippen LogP contribution in [0.3, 0.4) is 0 Å². The number of nitrogens with zero attached hydrogens (tertiary/aromatic N) is 1. The quantitative estimate of drug-likeness (QED) is 0.198. The van der Waals surface area contributed by atoms with E-state index in [4.69, 9.17) is 9.47 Å². The molecule has 1 spiro atoms. The minimum absolute atomic E-state index is 0.0888. The van der Waals surface area contributed by atoms with Crippen molar-refractivity contribution < 1.29 is 40.1 Å². The van der Waals surface area contributed by atoms with Crippen molar-refractivity contribution in [1.82, 2.24) is 4.90 Å². The second-order valence-electron chi connectivity index (χ2n) is 12.6. The summed E-state index contributed by atoms with van der Waals surface area (Å²) in [6, 6.07) is 1.58. The van der Waals surface area contributed by atoms with Crippen molar-refractivity contribution in [1.29, 1.82) is 0 Å². The number of hydrogen-bond acceptors (Lipinski definition) is 9. The zero-order chi connectivity index (χ0) is 28.3. The Morgan fingerprint density at radius 2 is 1.77 bits per heavy atom. The summed E-state index contributed by atoms with van der Waals surface area (Å²) in [6.07, 6.45) is 3.94. The summed E-state index contributed by atoms with van der Waals surface area (Å²) >= 11 is 0. The monoisotopic (exact) mass is 558 g/mol. The molecular formula is C31H44NO8. The van der Waals surface area contributed by atoms with E-state index in [-0.39, 0.29) is 23.8 Å². The van der Waals surface area contributed by atoms with Crippen LogP contribution < -0.4 is 4.74 Å². The van der Waals surface area contributed by atoms with Crippen LogP contribution in [0.2, 0.25) is 0 Å². The van der Waals surface area contributed by atoms with E-state index in [1.54, 1.807) is 6.08 Å². The number of hydrogen-bond donors (Lipinski definition) is 6. The maximum Gasteiger partial charge on any atom is 0.165 e. The molecule has 3 heterocycles. The van der Waals surface area contributed by atoms with Gasteiger partial charge in [-0.3, -0.25) is 0 Å². The van der Waals surface area contributed by atoms with Crippen LogP contribution in [-0.2, 0) is 16.6 Å². The van der Waals surface area contributed by atoms with Crippen LogP contribution in [0.1, 0.15) is 81.1 Å². The van der Waals surface area contributed by atoms with E-state index >= 15 is 0 Å². The normalized spacial score (nSPS) is 39.2. The summed E-state index contributed by atoms with van der Waals surface area (Å²) in [7, 11) is 2.08. The van der Waals surface area contributed by atoms with Gasteiger partial charge in [-0.05, 0) is 50.0 Å². The minimum Gasteiger partial charge on any atom is -0.504 e. The molecule has 0 saturated carbocycles. The Hall–Kier alpha value is -1.72. The molecule has 9 nitrogen and oxygen atoms in total. The van der Waals surface area contributed by atoms with Crippen molar-refractivity contribution >= 4 is 0 Å². The van der Waals surface area contributed by atoms with Crippen molar-refractivity contribution in [3.63, 3.8) is 0 Å². The van der Waals surface area contributed by atoms with Crippen LogP contribution in [0, 0.1) is 12.0 Å². The van der Waals surface area contributed by atoms with Crippen molar-refractivity contribution in [2.75, 3.05) is 13.6 Å². The highest BCUT2D eigenvalue weighted by molar-refractivity contribution is 5.64. The first kappa shape index (κ1) is 28.4. The smallest absolute Gasteiger partial charge is 0.165 e. The fourth-order valence-corrected chi connectivity index (χ4v) is 8.22. The maximum atomic E-state index is 11.7. The number of piperidine rings is 1. The van der Waals surface area contributed by atoms with Crippen LogP contribution in [-0.4, -0.2) is 91.8 Å². The number of ether oxygens (including phenoxy) is 2. The molecule has 0 amide bonds. The van der Waals surface area contributed by atoms with E-state index < -0.39 is 48.1 Å². The molecule has 1 aromatic carbocycles. The third-order valence-corrected chi connectivity index (χ3v) is 10.3. The molecule has 2 aliphatic carbocycles. The van der Waals surface area contributed by atoms with Gasteiger partial charge < -0.3 is 45.0 Å². The summed E-state index contributed by atoms with van der Waals surface area (Å²) in [4.78, 5) is 2.30. The fraction of sp³-hybridized carbons (Fsp3) is 0.710. The van der Waals surface area contributed by atoms with E-state index in [1.807, 2.05) is 0 Å². The lowest BCUT2D eigenvalue weighted by Gasteiger charge is -2.56. The third kappa shape index (κ3) is 4.23. The van der Waals surface area contributed by atoms with Gasteiger partial charge in [0.25, 0.3) is 0 Å². The Morgan fingerprint density at radius 1 is 1.02 bits per heavy atom. The van der Waals surface area contributed by atoms with Gasteiger partial charge in [-0.25, -0.2) is 0 Å². The highest BCUT2D eigenvalue weighted by Gasteiger charge is 2.65. The molecule has 1 aromatic rings. The highest BCUT2D eigenvalue weighted by atomic mass is 16.5. The Kier molecular flexibility index (Phi) is 7.70. The second kappa shape index (κ2) is 10.8. The number of benzene rings is 1. The Balaban J connectivity index is 1.31. The van der Waals surface area contributed by atoms with Crippen LogP contribution in [0.25, 0.3) is 0 Å². The van der Waals surface area contributed by atoms with E-state index in [0.717, 1.165) is 56.2 Å². The lowest BCUT2D eigenvalue weighted by molar-refractivity contribution is -0.209. The predicted octanol–water partition coefficient (Wildman–Crippen LogP) is 2.00. The molecule has 10 atom stereocenters. The van der Waals surface area contributed by atoms with Gasteiger partial charge >= 0.3 is 0 Å². The van der Waals surface area contributed by atoms with Crippen molar-refractivity contribution in [3.05, 3.63) is 41.0 Å². The first-order valence-corrected chi connectivity index (χ1v) is 15.1. The number of likely N-dealkylation sites (N-methyl/N-ethyl adjacent to an activating group) is 1. The summed E-state index contributed by atoms with van der Waals surface area (Å²) in [5.41, 5.74) is 1.57. The molecule has 1 radical (unpaired) electrons. The number of aromatic hydroxyl groups is 1. The third-order valence-electron chi connectivity index (χ3n) is 10.3. The van der Waals surface area contributed by atoms with Crippen LogP contribution in [0.5, 0.6) is 11.5 Å². The van der Waals surface area contributed by atoms with Gasteiger partial charge in [0.1, 0.15) is 48.8 Å². The number of likely N-dealkylation sites (tertiary alicyclic amines) is 1. The predicted molar refractivity (Wildman–Crippen MR) is 147 cm³/mol. The zero-order valence-electron chi connectivity index (χ0n) is 23.4. The van der Waals surface area contributed by atoms with Gasteiger partial charge in [0, 0.05) is 22.9 Å². The molecule has 0 aromatic heterocycles. The van der Waals surface area contributed by atoms with E-state index in [2.05, 4.69) is 24.9 Å². The van der Waals surface area contributed by atoms with Gasteiger partial charge in [0.15, 0.2) is 11.5 Å². The van der Waals surface area contributed by atoms with Gasteiger partial charge in [0.05, 0.1) is 0 Å². The molecule has 3 aliphatic heterocycles. The van der Waals surface area contributed by atoms with Crippen molar-refractivity contribution in [2.24, 2.45) is 5.92 Å². The SMILES string of the molecule is CCCCCCCC[C]1O[C@H](C(O)c2cc(O)c3c4c2C[C@@H]2[C@@H]5C=C[C@H](O)[C@H](O3)[C@]45CCN2C)[C@@H](O)[C@H](O)[C@H]1O. The molecule has 40 heavy (non-hydrogen) atoms. The number of unbranched alkanes of at least 4 members (excludes halogenated alkanes) is 5. The number of phenolic OH excluding ortho intramolecular Hbond substituents is 1. The Labute approximate surface area is 236 Å². The van der Waals surface area contributed by atoms with Crippen LogP contribution in [0.4, 0.5) is 0 Å². The largest absolute Gasteiger partial charge is 0.504 e. The number of rotatable bonds is 9. The van der Waals surface area contributed by atoms with E-state index in [1.165, 1.54) is 12.5 Å².